The molecule has 0 aliphatic carbocycles. The van der Waals surface area contributed by atoms with Crippen LogP contribution in [0, 0.1) is 13.8 Å². The molecule has 0 saturated heterocycles. The lowest BCUT2D eigenvalue weighted by molar-refractivity contribution is -0.265. The molecule has 9 nitrogen and oxygen atoms in total. The Balaban J connectivity index is 2.32. The number of hydrogen-bond donors (Lipinski definition) is 0. The van der Waals surface area contributed by atoms with E-state index in [-0.39, 0.29) is 11.1 Å². The Morgan fingerprint density at radius 3 is 1.39 bits per heavy atom. The highest BCUT2D eigenvalue weighted by atomic mass is 17.2. The summed E-state index contributed by atoms with van der Waals surface area (Å²) in [5.74, 6) is -4.28. The molecule has 0 bridgehead atoms. The van der Waals surface area contributed by atoms with E-state index in [0.29, 0.717) is 0 Å². The molecule has 0 amide bonds. The van der Waals surface area contributed by atoms with Gasteiger partial charge in [-0.1, -0.05) is 35.4 Å². The van der Waals surface area contributed by atoms with E-state index < -0.39 is 36.1 Å². The second-order valence-corrected chi connectivity index (χ2v) is 6.48. The Hall–Kier alpha value is -3.72. The van der Waals surface area contributed by atoms with E-state index in [1.54, 1.807) is 24.3 Å². The third-order valence-corrected chi connectivity index (χ3v) is 4.15. The molecule has 164 valence electrons. The molecule has 9 heteroatoms. The van der Waals surface area contributed by atoms with Gasteiger partial charge in [0.15, 0.2) is 0 Å². The molecule has 0 radical (unpaired) electrons. The Labute approximate surface area is 178 Å². The zero-order chi connectivity index (χ0) is 23.0. The second-order valence-electron chi connectivity index (χ2n) is 6.48. The third kappa shape index (κ3) is 6.38. The quantitative estimate of drug-likeness (QED) is 0.269. The fourth-order valence-electron chi connectivity index (χ4n) is 2.46. The monoisotopic (exact) mass is 430 g/mol. The van der Waals surface area contributed by atoms with Crippen LogP contribution in [-0.2, 0) is 33.6 Å². The van der Waals surface area contributed by atoms with Crippen LogP contribution in [0.3, 0.4) is 0 Å². The van der Waals surface area contributed by atoms with Crippen LogP contribution in [0.15, 0.2) is 48.5 Å². The summed E-state index contributed by atoms with van der Waals surface area (Å²) in [7, 11) is 2.07. The number of esters is 3. The first-order valence-electron chi connectivity index (χ1n) is 9.14. The van der Waals surface area contributed by atoms with Crippen molar-refractivity contribution in [3.63, 3.8) is 0 Å². The minimum atomic E-state index is -1.98. The minimum absolute atomic E-state index is 0.106. The van der Waals surface area contributed by atoms with Crippen LogP contribution in [-0.4, -0.2) is 50.3 Å². The van der Waals surface area contributed by atoms with Crippen LogP contribution in [0.5, 0.6) is 0 Å². The highest BCUT2D eigenvalue weighted by Crippen LogP contribution is 2.16. The summed E-state index contributed by atoms with van der Waals surface area (Å²) in [4.78, 5) is 58.4. The maximum absolute atomic E-state index is 12.5. The van der Waals surface area contributed by atoms with Gasteiger partial charge in [-0.2, -0.15) is 4.89 Å². The minimum Gasteiger partial charge on any atom is -0.466 e. The topological polar surface area (TPSA) is 114 Å². The van der Waals surface area contributed by atoms with Crippen molar-refractivity contribution >= 4 is 23.9 Å². The van der Waals surface area contributed by atoms with Crippen LogP contribution in [0.2, 0.25) is 0 Å². The number of hydrogen-bond acceptors (Lipinski definition) is 9. The summed E-state index contributed by atoms with van der Waals surface area (Å²) in [6.07, 6.45) is -3.91. The maximum atomic E-state index is 12.5. The summed E-state index contributed by atoms with van der Waals surface area (Å²) >= 11 is 0. The van der Waals surface area contributed by atoms with Gasteiger partial charge in [-0.15, -0.1) is 0 Å². The summed E-state index contributed by atoms with van der Waals surface area (Å²) < 4.78 is 15.0. The third-order valence-electron chi connectivity index (χ3n) is 4.15. The van der Waals surface area contributed by atoms with Gasteiger partial charge < -0.3 is 14.2 Å². The molecule has 2 aromatic carbocycles. The average molecular weight is 430 g/mol. The fraction of sp³-hybridized carbons (Fsp3) is 0.273. The van der Waals surface area contributed by atoms with Crippen molar-refractivity contribution in [2.24, 2.45) is 0 Å². The molecule has 31 heavy (non-hydrogen) atoms. The normalized spacial score (nSPS) is 12.3. The molecule has 0 spiro atoms. The van der Waals surface area contributed by atoms with Gasteiger partial charge >= 0.3 is 23.9 Å². The molecule has 0 N–H and O–H groups in total. The van der Waals surface area contributed by atoms with Crippen LogP contribution in [0.25, 0.3) is 0 Å². The van der Waals surface area contributed by atoms with E-state index in [1.807, 2.05) is 13.8 Å². The van der Waals surface area contributed by atoms with Crippen LogP contribution in [0.1, 0.15) is 31.8 Å². The maximum Gasteiger partial charge on any atom is 0.387 e. The van der Waals surface area contributed by atoms with E-state index in [9.17, 15) is 19.2 Å². The molecule has 0 fully saturated rings. The lowest BCUT2D eigenvalue weighted by Crippen LogP contribution is -2.47. The second kappa shape index (κ2) is 10.9. The van der Waals surface area contributed by atoms with Crippen molar-refractivity contribution in [1.82, 2.24) is 0 Å². The Bertz CT molecular complexity index is 932. The summed E-state index contributed by atoms with van der Waals surface area (Å²) in [5, 5.41) is 0. The van der Waals surface area contributed by atoms with Crippen LogP contribution < -0.4 is 0 Å². The molecule has 2 rings (SSSR count). The number of benzene rings is 2. The van der Waals surface area contributed by atoms with Crippen molar-refractivity contribution < 1.29 is 43.2 Å². The highest BCUT2D eigenvalue weighted by Gasteiger charge is 2.43. The molecular weight excluding hydrogens is 408 g/mol. The first-order chi connectivity index (χ1) is 14.8. The smallest absolute Gasteiger partial charge is 0.387 e. The molecule has 0 aliphatic rings. The largest absolute Gasteiger partial charge is 0.466 e. The molecule has 2 aromatic rings. The summed E-state index contributed by atoms with van der Waals surface area (Å²) in [6.45, 7) is 3.65. The van der Waals surface area contributed by atoms with E-state index in [2.05, 4.69) is 14.5 Å². The van der Waals surface area contributed by atoms with Gasteiger partial charge in [0.1, 0.15) is 0 Å². The molecule has 0 heterocycles. The van der Waals surface area contributed by atoms with Gasteiger partial charge in [0.2, 0.25) is 12.2 Å². The number of aryl methyl sites for hydroxylation is 2. The van der Waals surface area contributed by atoms with Crippen molar-refractivity contribution in [2.45, 2.75) is 26.1 Å². The molecule has 2 unspecified atom stereocenters. The first-order valence-corrected chi connectivity index (χ1v) is 9.14. The predicted molar refractivity (Wildman–Crippen MR) is 106 cm³/mol. The molecule has 0 aliphatic heterocycles. The van der Waals surface area contributed by atoms with E-state index in [1.165, 1.54) is 24.3 Å². The van der Waals surface area contributed by atoms with Crippen molar-refractivity contribution in [3.8, 4) is 0 Å². The van der Waals surface area contributed by atoms with Gasteiger partial charge in [-0.05, 0) is 38.1 Å². The number of ether oxygens (including phenoxy) is 3. The van der Waals surface area contributed by atoms with Gasteiger partial charge in [-0.25, -0.2) is 19.2 Å². The van der Waals surface area contributed by atoms with Crippen LogP contribution in [0.4, 0.5) is 0 Å². The van der Waals surface area contributed by atoms with Gasteiger partial charge in [-0.3, -0.25) is 4.89 Å². The van der Waals surface area contributed by atoms with Gasteiger partial charge in [0.25, 0.3) is 0 Å². The molecular formula is C22H22O9. The molecule has 0 aromatic heterocycles. The number of carbonyl (C=O) groups is 4. The number of methoxy groups -OCH3 is 1. The van der Waals surface area contributed by atoms with E-state index >= 15 is 0 Å². The standard InChI is InChI=1S/C22H22O9/c1-13-5-9-15(10-6-13)19(23)29-17(21(25)27-3)18(22(26)31-28-4)30-20(24)16-11-7-14(2)8-12-16/h5-12,17-18H,1-4H3. The zero-order valence-corrected chi connectivity index (χ0v) is 17.4. The fourth-order valence-corrected chi connectivity index (χ4v) is 2.46. The lowest BCUT2D eigenvalue weighted by atomic mass is 10.1. The number of rotatable bonds is 8. The average Bonchev–Trinajstić information content (AvgIpc) is 2.76. The summed E-state index contributed by atoms with van der Waals surface area (Å²) in [5.41, 5.74) is 2.01. The Morgan fingerprint density at radius 2 is 1.03 bits per heavy atom. The van der Waals surface area contributed by atoms with Gasteiger partial charge in [0.05, 0.1) is 25.3 Å². The Morgan fingerprint density at radius 1 is 0.645 bits per heavy atom. The SMILES string of the molecule is COOC(=O)C(OC(=O)c1ccc(C)cc1)C(OC(=O)c1ccc(C)cc1)C(=O)OC. The van der Waals surface area contributed by atoms with Crippen LogP contribution >= 0.6 is 0 Å². The van der Waals surface area contributed by atoms with Crippen molar-refractivity contribution in [2.75, 3.05) is 14.2 Å². The molecule has 2 atom stereocenters. The lowest BCUT2D eigenvalue weighted by Gasteiger charge is -2.23. The predicted octanol–water partition coefficient (Wildman–Crippen LogP) is 2.33. The van der Waals surface area contributed by atoms with E-state index in [0.717, 1.165) is 25.3 Å². The number of carbonyl (C=O) groups excluding carboxylic acids is 4. The van der Waals surface area contributed by atoms with E-state index in [4.69, 9.17) is 9.47 Å². The van der Waals surface area contributed by atoms with Gasteiger partial charge in [0, 0.05) is 0 Å². The van der Waals surface area contributed by atoms with Crippen molar-refractivity contribution in [1.29, 1.82) is 0 Å². The summed E-state index contributed by atoms with van der Waals surface area (Å²) in [6, 6.07) is 12.6. The Kier molecular flexibility index (Phi) is 8.27. The molecule has 0 saturated carbocycles. The first kappa shape index (κ1) is 23.6. The highest BCUT2D eigenvalue weighted by molar-refractivity contribution is 5.95. The zero-order valence-electron chi connectivity index (χ0n) is 17.4. The van der Waals surface area contributed by atoms with Crippen molar-refractivity contribution in [3.05, 3.63) is 70.8 Å².